The molecule has 1 aromatic carbocycles. The fraction of sp³-hybridized carbons (Fsp3) is 0.619. The first-order chi connectivity index (χ1) is 12.5. The molecule has 2 heterocycles. The lowest BCUT2D eigenvalue weighted by atomic mass is 9.96. The van der Waals surface area contributed by atoms with E-state index in [1.165, 1.54) is 11.3 Å². The molecule has 2 saturated heterocycles. The monoisotopic (exact) mass is 358 g/mol. The van der Waals surface area contributed by atoms with Crippen LogP contribution in [0.2, 0.25) is 0 Å². The number of amides is 2. The van der Waals surface area contributed by atoms with Crippen LogP contribution in [0.1, 0.15) is 50.4 Å². The van der Waals surface area contributed by atoms with Crippen molar-refractivity contribution in [3.8, 4) is 0 Å². The van der Waals surface area contributed by atoms with Crippen LogP contribution in [0.5, 0.6) is 0 Å². The van der Waals surface area contributed by atoms with Crippen LogP contribution in [-0.4, -0.2) is 65.9 Å². The van der Waals surface area contributed by atoms with Gasteiger partial charge in [-0.2, -0.15) is 0 Å². The average molecular weight is 359 g/mol. The number of hydrogen-bond acceptors (Lipinski definition) is 2. The summed E-state index contributed by atoms with van der Waals surface area (Å²) in [5.41, 5.74) is 0.746. The van der Waals surface area contributed by atoms with Gasteiger partial charge in [0.25, 0.3) is 11.8 Å². The number of carbonyl (C=O) groups excluding carboxylic acids is 2. The molecule has 0 spiro atoms. The Balaban J connectivity index is 1.57. The van der Waals surface area contributed by atoms with Crippen molar-refractivity contribution in [3.05, 3.63) is 35.9 Å². The van der Waals surface area contributed by atoms with Gasteiger partial charge in [0.15, 0.2) is 6.04 Å². The summed E-state index contributed by atoms with van der Waals surface area (Å²) >= 11 is 0. The van der Waals surface area contributed by atoms with Gasteiger partial charge >= 0.3 is 0 Å². The number of likely N-dealkylation sites (tertiary alicyclic amines) is 1. The van der Waals surface area contributed by atoms with Crippen LogP contribution >= 0.6 is 0 Å². The Kier molecular flexibility index (Phi) is 5.97. The Morgan fingerprint density at radius 3 is 2.19 bits per heavy atom. The number of benzene rings is 1. The second-order valence-electron chi connectivity index (χ2n) is 7.91. The lowest BCUT2D eigenvalue weighted by Gasteiger charge is -2.42. The van der Waals surface area contributed by atoms with E-state index < -0.39 is 0 Å². The van der Waals surface area contributed by atoms with E-state index in [4.69, 9.17) is 0 Å². The Labute approximate surface area is 156 Å². The highest BCUT2D eigenvalue weighted by molar-refractivity contribution is 5.94. The number of piperidine rings is 1. The average Bonchev–Trinajstić information content (AvgIpc) is 2.67. The molecule has 0 aliphatic carbocycles. The van der Waals surface area contributed by atoms with Gasteiger partial charge in [0.05, 0.1) is 26.2 Å². The largest absolute Gasteiger partial charge is 0.332 e. The lowest BCUT2D eigenvalue weighted by Crippen LogP contribution is -3.19. The molecular formula is C21H32N3O2+. The van der Waals surface area contributed by atoms with E-state index in [1.54, 1.807) is 0 Å². The van der Waals surface area contributed by atoms with Crippen LogP contribution in [0, 0.1) is 0 Å². The minimum absolute atomic E-state index is 0.0352. The molecular weight excluding hydrogens is 326 g/mol. The minimum Gasteiger partial charge on any atom is -0.332 e. The Morgan fingerprint density at radius 1 is 1.04 bits per heavy atom. The molecule has 2 aliphatic heterocycles. The molecule has 0 aromatic heterocycles. The van der Waals surface area contributed by atoms with Crippen molar-refractivity contribution in [1.29, 1.82) is 0 Å². The molecule has 1 N–H and O–H groups in total. The molecule has 0 radical (unpaired) electrons. The molecule has 2 amide bonds. The van der Waals surface area contributed by atoms with Crippen molar-refractivity contribution in [2.24, 2.45) is 0 Å². The van der Waals surface area contributed by atoms with Crippen molar-refractivity contribution in [3.63, 3.8) is 0 Å². The van der Waals surface area contributed by atoms with Crippen LogP contribution in [0.4, 0.5) is 0 Å². The maximum absolute atomic E-state index is 13.1. The molecule has 142 valence electrons. The van der Waals surface area contributed by atoms with Gasteiger partial charge in [-0.15, -0.1) is 0 Å². The summed E-state index contributed by atoms with van der Waals surface area (Å²) in [5.74, 6) is 0.379. The third-order valence-electron chi connectivity index (χ3n) is 6.14. The summed E-state index contributed by atoms with van der Waals surface area (Å²) in [6, 6.07) is 10.1. The highest BCUT2D eigenvalue weighted by Gasteiger charge is 2.37. The van der Waals surface area contributed by atoms with Crippen molar-refractivity contribution >= 4 is 11.8 Å². The smallest absolute Gasteiger partial charge is 0.281 e. The summed E-state index contributed by atoms with van der Waals surface area (Å²) in [7, 11) is 0. The molecule has 3 atom stereocenters. The van der Waals surface area contributed by atoms with Crippen LogP contribution in [0.15, 0.2) is 30.3 Å². The molecule has 2 aliphatic rings. The van der Waals surface area contributed by atoms with Gasteiger partial charge in [0.2, 0.25) is 0 Å². The fourth-order valence-electron chi connectivity index (χ4n) is 4.45. The number of hydrogen-bond donors (Lipinski definition) is 1. The number of nitrogens with one attached hydrogen (secondary N) is 1. The van der Waals surface area contributed by atoms with Crippen molar-refractivity contribution in [2.45, 2.75) is 58.2 Å². The van der Waals surface area contributed by atoms with E-state index in [0.717, 1.165) is 31.5 Å². The quantitative estimate of drug-likeness (QED) is 0.883. The Bertz CT molecular complexity index is 615. The first kappa shape index (κ1) is 18.9. The molecule has 5 nitrogen and oxygen atoms in total. The van der Waals surface area contributed by atoms with Gasteiger partial charge in [0, 0.05) is 17.6 Å². The molecule has 2 fully saturated rings. The summed E-state index contributed by atoms with van der Waals surface area (Å²) in [4.78, 5) is 31.0. The normalized spacial score (nSPS) is 25.8. The van der Waals surface area contributed by atoms with Gasteiger partial charge in [-0.1, -0.05) is 18.2 Å². The third-order valence-corrected chi connectivity index (χ3v) is 6.14. The van der Waals surface area contributed by atoms with Crippen molar-refractivity contribution < 1.29 is 14.5 Å². The van der Waals surface area contributed by atoms with E-state index in [9.17, 15) is 9.59 Å². The van der Waals surface area contributed by atoms with Crippen molar-refractivity contribution in [1.82, 2.24) is 9.80 Å². The van der Waals surface area contributed by atoms with E-state index >= 15 is 0 Å². The van der Waals surface area contributed by atoms with Crippen LogP contribution < -0.4 is 4.90 Å². The van der Waals surface area contributed by atoms with Crippen LogP contribution in [0.3, 0.4) is 0 Å². The van der Waals surface area contributed by atoms with Crippen LogP contribution in [0.25, 0.3) is 0 Å². The fourth-order valence-corrected chi connectivity index (χ4v) is 4.45. The Morgan fingerprint density at radius 2 is 1.62 bits per heavy atom. The van der Waals surface area contributed by atoms with E-state index in [0.29, 0.717) is 25.2 Å². The third kappa shape index (κ3) is 3.93. The molecule has 0 saturated carbocycles. The van der Waals surface area contributed by atoms with Gasteiger partial charge < -0.3 is 14.7 Å². The predicted octanol–water partition coefficient (Wildman–Crippen LogP) is 1.21. The molecule has 26 heavy (non-hydrogen) atoms. The number of quaternary nitrogens is 1. The number of rotatable bonds is 3. The summed E-state index contributed by atoms with van der Waals surface area (Å²) in [6.07, 6.45) is 3.43. The zero-order chi connectivity index (χ0) is 18.7. The number of carbonyl (C=O) groups is 2. The molecule has 0 unspecified atom stereocenters. The summed E-state index contributed by atoms with van der Waals surface area (Å²) in [5, 5.41) is 0. The zero-order valence-electron chi connectivity index (χ0n) is 16.3. The SMILES string of the molecule is C[C@@H]1CCC[C@@H](C)N1C(=O)[C@@H](C)[NH+]1CCN(C(=O)c2ccccc2)CC1. The molecule has 0 bridgehead atoms. The van der Waals surface area contributed by atoms with Crippen LogP contribution in [-0.2, 0) is 4.79 Å². The summed E-state index contributed by atoms with van der Waals surface area (Å²) < 4.78 is 0. The molecule has 3 rings (SSSR count). The number of nitrogens with zero attached hydrogens (tertiary/aromatic N) is 2. The second-order valence-corrected chi connectivity index (χ2v) is 7.91. The highest BCUT2D eigenvalue weighted by atomic mass is 16.2. The van der Waals surface area contributed by atoms with Crippen molar-refractivity contribution in [2.75, 3.05) is 26.2 Å². The topological polar surface area (TPSA) is 45.1 Å². The van der Waals surface area contributed by atoms with Gasteiger partial charge in [-0.05, 0) is 52.2 Å². The highest BCUT2D eigenvalue weighted by Crippen LogP contribution is 2.23. The number of piperazine rings is 1. The maximum Gasteiger partial charge on any atom is 0.281 e. The van der Waals surface area contributed by atoms with Gasteiger partial charge in [-0.3, -0.25) is 9.59 Å². The Hall–Kier alpha value is -1.88. The first-order valence-electron chi connectivity index (χ1n) is 10.00. The summed E-state index contributed by atoms with van der Waals surface area (Å²) in [6.45, 7) is 9.50. The zero-order valence-corrected chi connectivity index (χ0v) is 16.3. The van der Waals surface area contributed by atoms with Gasteiger partial charge in [0.1, 0.15) is 0 Å². The van der Waals surface area contributed by atoms with E-state index in [2.05, 4.69) is 25.7 Å². The minimum atomic E-state index is -0.0352. The maximum atomic E-state index is 13.1. The first-order valence-corrected chi connectivity index (χ1v) is 10.00. The second kappa shape index (κ2) is 8.21. The van der Waals surface area contributed by atoms with Gasteiger partial charge in [-0.25, -0.2) is 0 Å². The predicted molar refractivity (Wildman–Crippen MR) is 102 cm³/mol. The lowest BCUT2D eigenvalue weighted by molar-refractivity contribution is -0.918. The van der Waals surface area contributed by atoms with E-state index in [-0.39, 0.29) is 17.9 Å². The standard InChI is InChI=1S/C21H31N3O2/c1-16-8-7-9-17(2)24(16)20(25)18(3)22-12-14-23(15-13-22)21(26)19-10-5-4-6-11-19/h4-6,10-11,16-18H,7-9,12-15H2,1-3H3/p+1/t16-,17-,18-/m1/s1. The molecule has 1 aromatic rings. The van der Waals surface area contributed by atoms with E-state index in [1.807, 2.05) is 35.2 Å². The molecule has 5 heteroatoms.